The summed E-state index contributed by atoms with van der Waals surface area (Å²) in [5.41, 5.74) is 1.19. The molecule has 0 unspecified atom stereocenters. The highest BCUT2D eigenvalue weighted by Crippen LogP contribution is 2.20. The van der Waals surface area contributed by atoms with Gasteiger partial charge < -0.3 is 10.2 Å². The molecule has 0 atom stereocenters. The first-order valence-corrected chi connectivity index (χ1v) is 9.10. The number of para-hydroxylation sites is 1. The maximum Gasteiger partial charge on any atom is 0.253 e. The van der Waals surface area contributed by atoms with E-state index in [4.69, 9.17) is 23.2 Å². The molecule has 0 radical (unpaired) electrons. The first kappa shape index (κ1) is 18.7. The van der Waals surface area contributed by atoms with Gasteiger partial charge in [0.2, 0.25) is 5.91 Å². The molecule has 1 aliphatic rings. The number of anilines is 1. The minimum atomic E-state index is -0.118. The Morgan fingerprint density at radius 3 is 2.38 bits per heavy atom. The van der Waals surface area contributed by atoms with Crippen molar-refractivity contribution < 1.29 is 9.59 Å². The van der Waals surface area contributed by atoms with Crippen molar-refractivity contribution in [3.63, 3.8) is 0 Å². The topological polar surface area (TPSA) is 52.7 Å². The average Bonchev–Trinajstić information content (AvgIpc) is 2.64. The predicted molar refractivity (Wildman–Crippen MR) is 104 cm³/mol. The molecule has 1 saturated heterocycles. The van der Waals surface area contributed by atoms with Gasteiger partial charge in [-0.05, 0) is 30.3 Å². The highest BCUT2D eigenvalue weighted by atomic mass is 35.5. The zero-order valence-corrected chi connectivity index (χ0v) is 15.6. The molecule has 2 aromatic rings. The molecule has 0 aliphatic carbocycles. The number of rotatable bonds is 4. The molecule has 7 heteroatoms. The molecular weight excluding hydrogens is 373 g/mol. The molecule has 5 nitrogen and oxygen atoms in total. The van der Waals surface area contributed by atoms with Crippen molar-refractivity contribution in [1.82, 2.24) is 9.80 Å². The van der Waals surface area contributed by atoms with Crippen LogP contribution in [0.25, 0.3) is 0 Å². The van der Waals surface area contributed by atoms with Gasteiger partial charge in [-0.3, -0.25) is 14.5 Å². The lowest BCUT2D eigenvalue weighted by Gasteiger charge is -2.34. The van der Waals surface area contributed by atoms with Gasteiger partial charge in [0.15, 0.2) is 0 Å². The number of hydrogen-bond acceptors (Lipinski definition) is 3. The number of piperazine rings is 1. The van der Waals surface area contributed by atoms with Crippen LogP contribution in [-0.4, -0.2) is 54.3 Å². The molecule has 1 N–H and O–H groups in total. The Hall–Kier alpha value is -2.08. The van der Waals surface area contributed by atoms with Crippen LogP contribution in [0.4, 0.5) is 5.69 Å². The molecule has 26 heavy (non-hydrogen) atoms. The largest absolute Gasteiger partial charge is 0.336 e. The fraction of sp³-hybridized carbons (Fsp3) is 0.263. The van der Waals surface area contributed by atoms with Crippen LogP contribution in [0.1, 0.15) is 10.4 Å². The first-order chi connectivity index (χ1) is 12.5. The minimum Gasteiger partial charge on any atom is -0.336 e. The van der Waals surface area contributed by atoms with E-state index in [1.54, 1.807) is 41.3 Å². The van der Waals surface area contributed by atoms with Crippen LogP contribution in [0, 0.1) is 0 Å². The summed E-state index contributed by atoms with van der Waals surface area (Å²) in [6.07, 6.45) is 0. The molecule has 1 fully saturated rings. The van der Waals surface area contributed by atoms with E-state index >= 15 is 0 Å². The van der Waals surface area contributed by atoms with Gasteiger partial charge in [0.05, 0.1) is 17.3 Å². The second-order valence-electron chi connectivity index (χ2n) is 6.11. The Labute approximate surface area is 162 Å². The summed E-state index contributed by atoms with van der Waals surface area (Å²) >= 11 is 12.0. The van der Waals surface area contributed by atoms with Crippen LogP contribution in [0.15, 0.2) is 48.5 Å². The highest BCUT2D eigenvalue weighted by Gasteiger charge is 2.23. The van der Waals surface area contributed by atoms with Crippen LogP contribution in [0.2, 0.25) is 10.0 Å². The van der Waals surface area contributed by atoms with Gasteiger partial charge in [0, 0.05) is 36.8 Å². The van der Waals surface area contributed by atoms with E-state index in [0.717, 1.165) is 0 Å². The van der Waals surface area contributed by atoms with Gasteiger partial charge in [-0.25, -0.2) is 0 Å². The third-order valence-corrected chi connectivity index (χ3v) is 4.81. The highest BCUT2D eigenvalue weighted by molar-refractivity contribution is 6.33. The number of nitrogens with zero attached hydrogens (tertiary/aromatic N) is 2. The maximum absolute atomic E-state index is 12.5. The summed E-state index contributed by atoms with van der Waals surface area (Å²) in [5, 5.41) is 3.87. The van der Waals surface area contributed by atoms with Gasteiger partial charge in [-0.2, -0.15) is 0 Å². The number of nitrogens with one attached hydrogen (secondary N) is 1. The molecule has 2 aromatic carbocycles. The fourth-order valence-corrected chi connectivity index (χ4v) is 3.24. The quantitative estimate of drug-likeness (QED) is 0.868. The van der Waals surface area contributed by atoms with E-state index in [9.17, 15) is 9.59 Å². The minimum absolute atomic E-state index is 0.0346. The number of halogens is 2. The van der Waals surface area contributed by atoms with Gasteiger partial charge in [0.1, 0.15) is 0 Å². The van der Waals surface area contributed by atoms with Crippen molar-refractivity contribution in [2.75, 3.05) is 38.0 Å². The summed E-state index contributed by atoms with van der Waals surface area (Å²) in [6, 6.07) is 14.1. The average molecular weight is 392 g/mol. The normalized spacial score (nSPS) is 14.9. The van der Waals surface area contributed by atoms with Crippen LogP contribution >= 0.6 is 23.2 Å². The Bertz CT molecular complexity index is 805. The smallest absolute Gasteiger partial charge is 0.253 e. The van der Waals surface area contributed by atoms with E-state index in [1.165, 1.54) is 0 Å². The van der Waals surface area contributed by atoms with E-state index in [2.05, 4.69) is 5.32 Å². The van der Waals surface area contributed by atoms with Crippen LogP contribution < -0.4 is 5.32 Å². The molecular formula is C19H19Cl2N3O2. The molecule has 0 aromatic heterocycles. The maximum atomic E-state index is 12.5. The Kier molecular flexibility index (Phi) is 6.14. The van der Waals surface area contributed by atoms with Gasteiger partial charge in [0.25, 0.3) is 5.91 Å². The van der Waals surface area contributed by atoms with Crippen molar-refractivity contribution in [1.29, 1.82) is 0 Å². The van der Waals surface area contributed by atoms with Crippen molar-refractivity contribution in [3.8, 4) is 0 Å². The number of benzene rings is 2. The Morgan fingerprint density at radius 2 is 1.69 bits per heavy atom. The Morgan fingerprint density at radius 1 is 0.962 bits per heavy atom. The molecule has 1 aliphatic heterocycles. The van der Waals surface area contributed by atoms with Crippen molar-refractivity contribution in [2.24, 2.45) is 0 Å². The summed E-state index contributed by atoms with van der Waals surface area (Å²) < 4.78 is 0. The van der Waals surface area contributed by atoms with E-state index < -0.39 is 0 Å². The zero-order valence-electron chi connectivity index (χ0n) is 14.1. The summed E-state index contributed by atoms with van der Waals surface area (Å²) in [4.78, 5) is 28.5. The lowest BCUT2D eigenvalue weighted by atomic mass is 10.2. The molecule has 0 spiro atoms. The van der Waals surface area contributed by atoms with E-state index in [0.29, 0.717) is 47.5 Å². The number of carbonyl (C=O) groups is 2. The molecule has 2 amide bonds. The number of amides is 2. The molecule has 0 bridgehead atoms. The molecule has 136 valence electrons. The summed E-state index contributed by atoms with van der Waals surface area (Å²) in [6.45, 7) is 2.70. The lowest BCUT2D eigenvalue weighted by molar-refractivity contribution is -0.117. The summed E-state index contributed by atoms with van der Waals surface area (Å²) in [5.74, 6) is -0.152. The standard InChI is InChI=1S/C19H19Cl2N3O2/c20-15-5-3-4-14(12-15)19(26)24-10-8-23(9-11-24)13-18(25)22-17-7-2-1-6-16(17)21/h1-7,12H,8-11,13H2,(H,22,25). The van der Waals surface area contributed by atoms with Crippen LogP contribution in [-0.2, 0) is 4.79 Å². The van der Waals surface area contributed by atoms with Gasteiger partial charge >= 0.3 is 0 Å². The van der Waals surface area contributed by atoms with Crippen LogP contribution in [0.5, 0.6) is 0 Å². The van der Waals surface area contributed by atoms with Crippen molar-refractivity contribution in [2.45, 2.75) is 0 Å². The van der Waals surface area contributed by atoms with Gasteiger partial charge in [-0.15, -0.1) is 0 Å². The fourth-order valence-electron chi connectivity index (χ4n) is 2.87. The molecule has 1 heterocycles. The predicted octanol–water partition coefficient (Wildman–Crippen LogP) is 3.39. The zero-order chi connectivity index (χ0) is 18.5. The van der Waals surface area contributed by atoms with E-state index in [-0.39, 0.29) is 18.4 Å². The number of hydrogen-bond donors (Lipinski definition) is 1. The van der Waals surface area contributed by atoms with Crippen molar-refractivity contribution in [3.05, 3.63) is 64.1 Å². The van der Waals surface area contributed by atoms with Crippen molar-refractivity contribution >= 4 is 40.7 Å². The van der Waals surface area contributed by atoms with E-state index in [1.807, 2.05) is 17.0 Å². The number of carbonyl (C=O) groups excluding carboxylic acids is 2. The monoisotopic (exact) mass is 391 g/mol. The third kappa shape index (κ3) is 4.75. The lowest BCUT2D eigenvalue weighted by Crippen LogP contribution is -2.50. The van der Waals surface area contributed by atoms with Gasteiger partial charge in [-0.1, -0.05) is 41.4 Å². The SMILES string of the molecule is O=C(CN1CCN(C(=O)c2cccc(Cl)c2)CC1)Nc1ccccc1Cl. The summed E-state index contributed by atoms with van der Waals surface area (Å²) in [7, 11) is 0. The second-order valence-corrected chi connectivity index (χ2v) is 6.95. The second kappa shape index (κ2) is 8.54. The third-order valence-electron chi connectivity index (χ3n) is 4.25. The first-order valence-electron chi connectivity index (χ1n) is 8.34. The van der Waals surface area contributed by atoms with Crippen LogP contribution in [0.3, 0.4) is 0 Å². The molecule has 0 saturated carbocycles. The Balaban J connectivity index is 1.50. The molecule has 3 rings (SSSR count).